The van der Waals surface area contributed by atoms with Gasteiger partial charge in [-0.05, 0) is 61.7 Å². The third-order valence-corrected chi connectivity index (χ3v) is 3.87. The number of esters is 1. The maximum atomic E-state index is 11.9. The van der Waals surface area contributed by atoms with Gasteiger partial charge in [0.25, 0.3) is 0 Å². The van der Waals surface area contributed by atoms with Crippen molar-refractivity contribution in [3.05, 3.63) is 16.0 Å². The van der Waals surface area contributed by atoms with Crippen molar-refractivity contribution < 1.29 is 9.53 Å². The number of unbranched alkanes of at least 4 members (excludes halogenated alkanes) is 1. The lowest BCUT2D eigenvalue weighted by Crippen LogP contribution is -2.50. The van der Waals surface area contributed by atoms with E-state index in [1.165, 1.54) is 7.11 Å². The molecule has 0 saturated heterocycles. The van der Waals surface area contributed by atoms with E-state index in [1.807, 2.05) is 24.0 Å². The Morgan fingerprint density at radius 1 is 1.55 bits per heavy atom. The Labute approximate surface area is 134 Å². The number of aryl methyl sites for hydroxylation is 1. The number of rotatable bonds is 9. The van der Waals surface area contributed by atoms with Crippen LogP contribution in [0.1, 0.15) is 39.5 Å². The van der Waals surface area contributed by atoms with Crippen LogP contribution in [-0.2, 0) is 16.1 Å². The molecule has 0 fully saturated rings. The minimum absolute atomic E-state index is 0.181. The molecule has 0 bridgehead atoms. The van der Waals surface area contributed by atoms with Crippen molar-refractivity contribution in [2.24, 2.45) is 0 Å². The average molecular weight is 393 g/mol. The van der Waals surface area contributed by atoms with Crippen molar-refractivity contribution in [1.29, 1.82) is 0 Å². The van der Waals surface area contributed by atoms with Gasteiger partial charge >= 0.3 is 5.97 Å². The number of ether oxygens (including phenoxy) is 1. The van der Waals surface area contributed by atoms with E-state index >= 15 is 0 Å². The second kappa shape index (κ2) is 8.61. The number of carbonyl (C=O) groups excluding carboxylic acids is 1. The molecule has 0 aromatic carbocycles. The zero-order valence-electron chi connectivity index (χ0n) is 12.5. The van der Waals surface area contributed by atoms with Gasteiger partial charge in [-0.3, -0.25) is 9.48 Å². The summed E-state index contributed by atoms with van der Waals surface area (Å²) in [7, 11) is 1.44. The lowest BCUT2D eigenvalue weighted by molar-refractivity contribution is -0.148. The number of hydrogen-bond acceptors (Lipinski definition) is 4. The molecular weight excluding hydrogens is 369 g/mol. The SMILES string of the molecule is CCCNC(C)(CCCCn1cc(I)cn1)C(=O)OC. The summed E-state index contributed by atoms with van der Waals surface area (Å²) in [6.45, 7) is 5.71. The molecule has 0 amide bonds. The Kier molecular flexibility index (Phi) is 7.50. The number of aromatic nitrogens is 2. The predicted octanol–water partition coefficient (Wildman–Crippen LogP) is 2.59. The lowest BCUT2D eigenvalue weighted by atomic mass is 9.94. The minimum atomic E-state index is -0.580. The second-order valence-corrected chi connectivity index (χ2v) is 6.37. The van der Waals surface area contributed by atoms with Crippen molar-refractivity contribution in [3.8, 4) is 0 Å². The van der Waals surface area contributed by atoms with Crippen LogP contribution in [0, 0.1) is 3.57 Å². The second-order valence-electron chi connectivity index (χ2n) is 5.13. The van der Waals surface area contributed by atoms with Crippen LogP contribution < -0.4 is 5.32 Å². The van der Waals surface area contributed by atoms with Crippen LogP contribution >= 0.6 is 22.6 Å². The molecule has 0 saturated carbocycles. The highest BCUT2D eigenvalue weighted by atomic mass is 127. The third kappa shape index (κ3) is 5.40. The molecule has 0 aliphatic heterocycles. The van der Waals surface area contributed by atoms with Crippen LogP contribution in [0.3, 0.4) is 0 Å². The van der Waals surface area contributed by atoms with Crippen molar-refractivity contribution in [2.75, 3.05) is 13.7 Å². The first kappa shape index (κ1) is 17.4. The Morgan fingerprint density at radius 3 is 2.85 bits per heavy atom. The van der Waals surface area contributed by atoms with Gasteiger partial charge in [0.2, 0.25) is 0 Å². The smallest absolute Gasteiger partial charge is 0.325 e. The van der Waals surface area contributed by atoms with E-state index in [2.05, 4.69) is 39.9 Å². The van der Waals surface area contributed by atoms with Crippen molar-refractivity contribution in [1.82, 2.24) is 15.1 Å². The predicted molar refractivity (Wildman–Crippen MR) is 87.5 cm³/mol. The first-order chi connectivity index (χ1) is 9.51. The quantitative estimate of drug-likeness (QED) is 0.398. The Hall–Kier alpha value is -0.630. The molecule has 0 aliphatic rings. The van der Waals surface area contributed by atoms with Gasteiger partial charge in [0.1, 0.15) is 5.54 Å². The van der Waals surface area contributed by atoms with Crippen LogP contribution in [-0.4, -0.2) is 34.9 Å². The lowest BCUT2D eigenvalue weighted by Gasteiger charge is -2.28. The Bertz CT molecular complexity index is 422. The number of nitrogens with one attached hydrogen (secondary N) is 1. The normalized spacial score (nSPS) is 14.0. The van der Waals surface area contributed by atoms with Gasteiger partial charge in [-0.15, -0.1) is 0 Å². The van der Waals surface area contributed by atoms with E-state index in [-0.39, 0.29) is 5.97 Å². The molecule has 1 N–H and O–H groups in total. The molecule has 1 aromatic heterocycles. The molecule has 1 rings (SSSR count). The van der Waals surface area contributed by atoms with Gasteiger partial charge in [0.05, 0.1) is 16.9 Å². The van der Waals surface area contributed by atoms with Crippen molar-refractivity contribution >= 4 is 28.6 Å². The van der Waals surface area contributed by atoms with Gasteiger partial charge in [-0.25, -0.2) is 0 Å². The monoisotopic (exact) mass is 393 g/mol. The molecule has 5 nitrogen and oxygen atoms in total. The van der Waals surface area contributed by atoms with E-state index in [4.69, 9.17) is 4.74 Å². The molecule has 20 heavy (non-hydrogen) atoms. The van der Waals surface area contributed by atoms with E-state index < -0.39 is 5.54 Å². The fourth-order valence-corrected chi connectivity index (χ4v) is 2.55. The fraction of sp³-hybridized carbons (Fsp3) is 0.714. The maximum absolute atomic E-state index is 11.9. The zero-order chi connectivity index (χ0) is 15.0. The number of carbonyl (C=O) groups is 1. The number of hydrogen-bond donors (Lipinski definition) is 1. The molecule has 0 spiro atoms. The van der Waals surface area contributed by atoms with Crippen LogP contribution in [0.15, 0.2) is 12.4 Å². The maximum Gasteiger partial charge on any atom is 0.325 e. The molecule has 0 aliphatic carbocycles. The van der Waals surface area contributed by atoms with E-state index in [9.17, 15) is 4.79 Å². The topological polar surface area (TPSA) is 56.2 Å². The Balaban J connectivity index is 2.39. The molecule has 6 heteroatoms. The van der Waals surface area contributed by atoms with E-state index in [0.717, 1.165) is 42.3 Å². The third-order valence-electron chi connectivity index (χ3n) is 3.32. The van der Waals surface area contributed by atoms with E-state index in [0.29, 0.717) is 0 Å². The van der Waals surface area contributed by atoms with Gasteiger partial charge in [0.15, 0.2) is 0 Å². The summed E-state index contributed by atoms with van der Waals surface area (Å²) < 4.78 is 8.00. The first-order valence-electron chi connectivity index (χ1n) is 7.03. The molecule has 0 radical (unpaired) electrons. The van der Waals surface area contributed by atoms with Crippen LogP contribution in [0.25, 0.3) is 0 Å². The first-order valence-corrected chi connectivity index (χ1v) is 8.11. The van der Waals surface area contributed by atoms with Crippen LogP contribution in [0.4, 0.5) is 0 Å². The molecule has 1 heterocycles. The fourth-order valence-electron chi connectivity index (χ4n) is 2.10. The molecule has 1 unspecified atom stereocenters. The highest BCUT2D eigenvalue weighted by Gasteiger charge is 2.32. The van der Waals surface area contributed by atoms with Crippen LogP contribution in [0.2, 0.25) is 0 Å². The van der Waals surface area contributed by atoms with Gasteiger partial charge in [-0.1, -0.05) is 6.92 Å². The number of nitrogens with zero attached hydrogens (tertiary/aromatic N) is 2. The van der Waals surface area contributed by atoms with E-state index in [1.54, 1.807) is 0 Å². The molecule has 1 atom stereocenters. The van der Waals surface area contributed by atoms with Gasteiger partial charge < -0.3 is 10.1 Å². The summed E-state index contributed by atoms with van der Waals surface area (Å²) in [6.07, 6.45) is 7.60. The summed E-state index contributed by atoms with van der Waals surface area (Å²) in [5.74, 6) is -0.181. The largest absolute Gasteiger partial charge is 0.468 e. The Morgan fingerprint density at radius 2 is 2.30 bits per heavy atom. The van der Waals surface area contributed by atoms with Gasteiger partial charge in [0, 0.05) is 12.7 Å². The highest BCUT2D eigenvalue weighted by molar-refractivity contribution is 14.1. The summed E-state index contributed by atoms with van der Waals surface area (Å²) in [4.78, 5) is 11.9. The minimum Gasteiger partial charge on any atom is -0.468 e. The summed E-state index contributed by atoms with van der Waals surface area (Å²) in [5, 5.41) is 7.55. The summed E-state index contributed by atoms with van der Waals surface area (Å²) in [6, 6.07) is 0. The number of methoxy groups -OCH3 is 1. The average Bonchev–Trinajstić information content (AvgIpc) is 2.86. The molecule has 114 valence electrons. The van der Waals surface area contributed by atoms with Crippen LogP contribution in [0.5, 0.6) is 0 Å². The molecular formula is C14H24IN3O2. The highest BCUT2D eigenvalue weighted by Crippen LogP contribution is 2.16. The van der Waals surface area contributed by atoms with Crippen molar-refractivity contribution in [2.45, 2.75) is 51.6 Å². The van der Waals surface area contributed by atoms with Gasteiger partial charge in [-0.2, -0.15) is 5.10 Å². The number of halogens is 1. The zero-order valence-corrected chi connectivity index (χ0v) is 14.6. The summed E-state index contributed by atoms with van der Waals surface area (Å²) in [5.41, 5.74) is -0.580. The summed E-state index contributed by atoms with van der Waals surface area (Å²) >= 11 is 2.25. The van der Waals surface area contributed by atoms with Crippen molar-refractivity contribution in [3.63, 3.8) is 0 Å². The standard InChI is InChI=1S/C14H24IN3O2/c1-4-8-16-14(2,13(19)20-3)7-5-6-9-18-11-12(15)10-17-18/h10-11,16H,4-9H2,1-3H3. The molecule has 1 aromatic rings.